The molecule has 1 aromatic carbocycles. The number of carbonyl (C=O) groups is 1. The van der Waals surface area contributed by atoms with Crippen LogP contribution in [0.4, 0.5) is 4.79 Å². The van der Waals surface area contributed by atoms with E-state index in [-0.39, 0.29) is 12.1 Å². The van der Waals surface area contributed by atoms with Gasteiger partial charge in [0, 0.05) is 13.1 Å². The number of hydrogen-bond donors (Lipinski definition) is 0. The third kappa shape index (κ3) is 7.34. The molecule has 1 unspecified atom stereocenters. The van der Waals surface area contributed by atoms with Crippen molar-refractivity contribution in [3.8, 4) is 5.75 Å². The lowest BCUT2D eigenvalue weighted by molar-refractivity contribution is 0.0719. The van der Waals surface area contributed by atoms with Crippen LogP contribution in [0.3, 0.4) is 0 Å². The van der Waals surface area contributed by atoms with E-state index >= 15 is 0 Å². The molecule has 0 saturated carbocycles. The van der Waals surface area contributed by atoms with Crippen molar-refractivity contribution < 1.29 is 14.3 Å². The molecule has 0 heterocycles. The molecular weight excluding hydrogens is 316 g/mol. The zero-order chi connectivity index (χ0) is 18.8. The maximum absolute atomic E-state index is 12.3. The van der Waals surface area contributed by atoms with Crippen LogP contribution in [0.25, 0.3) is 0 Å². The molecule has 0 aliphatic heterocycles. The van der Waals surface area contributed by atoms with Gasteiger partial charge in [-0.2, -0.15) is 0 Å². The number of ether oxygens (including phenoxy) is 2. The monoisotopic (exact) mass is 350 g/mol. The van der Waals surface area contributed by atoms with E-state index in [0.717, 1.165) is 25.4 Å². The Morgan fingerprint density at radius 3 is 2.16 bits per heavy atom. The Kier molecular flexibility index (Phi) is 9.35. The second-order valence-electron chi connectivity index (χ2n) is 6.41. The van der Waals surface area contributed by atoms with Crippen molar-refractivity contribution in [3.05, 3.63) is 29.3 Å². The summed E-state index contributed by atoms with van der Waals surface area (Å²) in [6.07, 6.45) is -0.272. The molecule has 142 valence electrons. The van der Waals surface area contributed by atoms with Gasteiger partial charge in [-0.15, -0.1) is 0 Å². The third-order valence-corrected chi connectivity index (χ3v) is 4.32. The van der Waals surface area contributed by atoms with Crippen molar-refractivity contribution in [2.45, 2.75) is 47.6 Å². The van der Waals surface area contributed by atoms with Crippen LogP contribution in [-0.4, -0.2) is 61.3 Å². The minimum absolute atomic E-state index is 0.0493. The summed E-state index contributed by atoms with van der Waals surface area (Å²) < 4.78 is 11.3. The van der Waals surface area contributed by atoms with Gasteiger partial charge in [0.1, 0.15) is 19.0 Å². The average molecular weight is 351 g/mol. The molecule has 0 aliphatic carbocycles. The van der Waals surface area contributed by atoms with Gasteiger partial charge >= 0.3 is 6.09 Å². The standard InChI is InChI=1S/C20H34N2O3/c1-7-21(8-2)10-11-24-20(23)22(9-3)18(6)15-25-19-13-16(4)12-17(5)14-19/h12-14,18H,7-11,15H2,1-6H3. The van der Waals surface area contributed by atoms with E-state index in [4.69, 9.17) is 9.47 Å². The SMILES string of the molecule is CCN(CC)CCOC(=O)N(CC)C(C)COc1cc(C)cc(C)c1. The molecule has 5 heteroatoms. The predicted octanol–water partition coefficient (Wildman–Crippen LogP) is 3.87. The van der Waals surface area contributed by atoms with Gasteiger partial charge in [0.05, 0.1) is 6.04 Å². The van der Waals surface area contributed by atoms with Gasteiger partial charge < -0.3 is 19.3 Å². The van der Waals surface area contributed by atoms with E-state index in [2.05, 4.69) is 38.7 Å². The number of nitrogens with zero attached hydrogens (tertiary/aromatic N) is 2. The Morgan fingerprint density at radius 1 is 1.04 bits per heavy atom. The molecule has 0 N–H and O–H groups in total. The van der Waals surface area contributed by atoms with Crippen LogP contribution in [0.1, 0.15) is 38.8 Å². The van der Waals surface area contributed by atoms with Gasteiger partial charge in [0.15, 0.2) is 0 Å². The van der Waals surface area contributed by atoms with Gasteiger partial charge in [0.25, 0.3) is 0 Å². The summed E-state index contributed by atoms with van der Waals surface area (Å²) in [5, 5.41) is 0. The summed E-state index contributed by atoms with van der Waals surface area (Å²) >= 11 is 0. The Labute approximate surface area is 152 Å². The Morgan fingerprint density at radius 2 is 1.64 bits per heavy atom. The fraction of sp³-hybridized carbons (Fsp3) is 0.650. The number of hydrogen-bond acceptors (Lipinski definition) is 4. The number of aryl methyl sites for hydroxylation is 2. The fourth-order valence-electron chi connectivity index (χ4n) is 2.83. The number of rotatable bonds is 10. The van der Waals surface area contributed by atoms with Gasteiger partial charge in [0.2, 0.25) is 0 Å². The predicted molar refractivity (Wildman–Crippen MR) is 102 cm³/mol. The van der Waals surface area contributed by atoms with Crippen LogP contribution in [0.5, 0.6) is 5.75 Å². The number of amides is 1. The minimum atomic E-state index is -0.272. The second kappa shape index (κ2) is 11.0. The lowest BCUT2D eigenvalue weighted by atomic mass is 10.1. The quantitative estimate of drug-likeness (QED) is 0.642. The molecule has 0 spiro atoms. The highest BCUT2D eigenvalue weighted by atomic mass is 16.6. The van der Waals surface area contributed by atoms with E-state index in [0.29, 0.717) is 19.8 Å². The van der Waals surface area contributed by atoms with E-state index in [1.165, 1.54) is 11.1 Å². The zero-order valence-corrected chi connectivity index (χ0v) is 16.7. The summed E-state index contributed by atoms with van der Waals surface area (Å²) in [6.45, 7) is 16.4. The maximum Gasteiger partial charge on any atom is 0.410 e. The second-order valence-corrected chi connectivity index (χ2v) is 6.41. The van der Waals surface area contributed by atoms with Gasteiger partial charge in [-0.05, 0) is 64.0 Å². The highest BCUT2D eigenvalue weighted by Crippen LogP contribution is 2.17. The molecule has 0 fully saturated rings. The highest BCUT2D eigenvalue weighted by Gasteiger charge is 2.20. The van der Waals surface area contributed by atoms with Crippen LogP contribution in [0.2, 0.25) is 0 Å². The van der Waals surface area contributed by atoms with Crippen molar-refractivity contribution in [2.24, 2.45) is 0 Å². The molecule has 5 nitrogen and oxygen atoms in total. The third-order valence-electron chi connectivity index (χ3n) is 4.32. The Hall–Kier alpha value is -1.75. The molecule has 25 heavy (non-hydrogen) atoms. The zero-order valence-electron chi connectivity index (χ0n) is 16.7. The molecule has 0 aromatic heterocycles. The summed E-state index contributed by atoms with van der Waals surface area (Å²) in [5.74, 6) is 0.843. The van der Waals surface area contributed by atoms with Crippen LogP contribution in [0.15, 0.2) is 18.2 Å². The number of carbonyl (C=O) groups excluding carboxylic acids is 1. The molecule has 0 saturated heterocycles. The molecule has 1 rings (SSSR count). The molecular formula is C20H34N2O3. The first-order valence-electron chi connectivity index (χ1n) is 9.28. The van der Waals surface area contributed by atoms with E-state index < -0.39 is 0 Å². The topological polar surface area (TPSA) is 42.0 Å². The summed E-state index contributed by atoms with van der Waals surface area (Å²) in [5.41, 5.74) is 2.34. The summed E-state index contributed by atoms with van der Waals surface area (Å²) in [6, 6.07) is 6.09. The van der Waals surface area contributed by atoms with Gasteiger partial charge in [-0.3, -0.25) is 0 Å². The first kappa shape index (κ1) is 21.3. The van der Waals surface area contributed by atoms with Crippen LogP contribution < -0.4 is 4.74 Å². The fourth-order valence-corrected chi connectivity index (χ4v) is 2.83. The molecule has 1 atom stereocenters. The molecule has 0 aliphatic rings. The Bertz CT molecular complexity index is 509. The van der Waals surface area contributed by atoms with Gasteiger partial charge in [-0.1, -0.05) is 19.9 Å². The molecule has 1 aromatic rings. The van der Waals surface area contributed by atoms with Gasteiger partial charge in [-0.25, -0.2) is 4.79 Å². The van der Waals surface area contributed by atoms with E-state index in [1.807, 2.05) is 26.0 Å². The Balaban J connectivity index is 2.49. The lowest BCUT2D eigenvalue weighted by Crippen LogP contribution is -2.42. The number of likely N-dealkylation sites (N-methyl/N-ethyl adjacent to an activating group) is 2. The smallest absolute Gasteiger partial charge is 0.410 e. The normalized spacial score (nSPS) is 12.1. The van der Waals surface area contributed by atoms with Crippen LogP contribution in [-0.2, 0) is 4.74 Å². The highest BCUT2D eigenvalue weighted by molar-refractivity contribution is 5.68. The summed E-state index contributed by atoms with van der Waals surface area (Å²) in [7, 11) is 0. The van der Waals surface area contributed by atoms with Crippen molar-refractivity contribution in [3.63, 3.8) is 0 Å². The van der Waals surface area contributed by atoms with E-state index in [1.54, 1.807) is 4.90 Å². The minimum Gasteiger partial charge on any atom is -0.491 e. The van der Waals surface area contributed by atoms with Crippen molar-refractivity contribution in [2.75, 3.05) is 39.4 Å². The van der Waals surface area contributed by atoms with Crippen LogP contribution >= 0.6 is 0 Å². The number of benzene rings is 1. The van der Waals surface area contributed by atoms with Crippen molar-refractivity contribution in [1.82, 2.24) is 9.80 Å². The lowest BCUT2D eigenvalue weighted by Gasteiger charge is -2.28. The molecule has 0 bridgehead atoms. The van der Waals surface area contributed by atoms with Crippen molar-refractivity contribution >= 4 is 6.09 Å². The maximum atomic E-state index is 12.3. The summed E-state index contributed by atoms with van der Waals surface area (Å²) in [4.78, 5) is 16.3. The first-order valence-corrected chi connectivity index (χ1v) is 9.28. The van der Waals surface area contributed by atoms with Crippen molar-refractivity contribution in [1.29, 1.82) is 0 Å². The largest absolute Gasteiger partial charge is 0.491 e. The first-order chi connectivity index (χ1) is 11.9. The van der Waals surface area contributed by atoms with E-state index in [9.17, 15) is 4.79 Å². The molecule has 0 radical (unpaired) electrons. The average Bonchev–Trinajstić information content (AvgIpc) is 2.56. The van der Waals surface area contributed by atoms with Crippen LogP contribution in [0, 0.1) is 13.8 Å². The molecule has 1 amide bonds.